The highest BCUT2D eigenvalue weighted by atomic mass is 16.3. The zero-order chi connectivity index (χ0) is 14.4. The van der Waals surface area contributed by atoms with Crippen molar-refractivity contribution >= 4 is 11.8 Å². The Balaban J connectivity index is 1.84. The third-order valence-electron chi connectivity index (χ3n) is 3.39. The first-order valence-electron chi connectivity index (χ1n) is 6.85. The molecule has 7 nitrogen and oxygen atoms in total. The zero-order valence-electron chi connectivity index (χ0n) is 11.4. The lowest BCUT2D eigenvalue weighted by atomic mass is 10.3. The Labute approximate surface area is 117 Å². The Bertz CT molecular complexity index is 446. The van der Waals surface area contributed by atoms with Gasteiger partial charge >= 0.3 is 0 Å². The van der Waals surface area contributed by atoms with Crippen molar-refractivity contribution in [3.05, 3.63) is 18.2 Å². The fraction of sp³-hybridized carbons (Fsp3) is 0.615. The molecule has 2 rings (SSSR count). The van der Waals surface area contributed by atoms with Crippen LogP contribution < -0.4 is 0 Å². The summed E-state index contributed by atoms with van der Waals surface area (Å²) in [5, 5.41) is 9.05. The Hall–Kier alpha value is -1.89. The van der Waals surface area contributed by atoms with Gasteiger partial charge in [-0.1, -0.05) is 0 Å². The van der Waals surface area contributed by atoms with E-state index in [9.17, 15) is 9.59 Å². The first-order valence-corrected chi connectivity index (χ1v) is 6.85. The summed E-state index contributed by atoms with van der Waals surface area (Å²) >= 11 is 0. The molecule has 1 aliphatic rings. The maximum absolute atomic E-state index is 12.2. The molecule has 1 aliphatic heterocycles. The molecule has 2 heterocycles. The highest BCUT2D eigenvalue weighted by Crippen LogP contribution is 2.10. The van der Waals surface area contributed by atoms with E-state index in [4.69, 9.17) is 5.11 Å². The highest BCUT2D eigenvalue weighted by molar-refractivity contribution is 5.80. The molecule has 0 aliphatic carbocycles. The predicted molar refractivity (Wildman–Crippen MR) is 71.5 cm³/mol. The van der Waals surface area contributed by atoms with Crippen LogP contribution in [0.4, 0.5) is 0 Å². The number of nitrogens with zero attached hydrogens (tertiary/aromatic N) is 3. The molecule has 110 valence electrons. The smallest absolute Gasteiger partial charge is 0.224 e. The first-order chi connectivity index (χ1) is 9.70. The number of nitrogens with one attached hydrogen (secondary N) is 1. The summed E-state index contributed by atoms with van der Waals surface area (Å²) in [4.78, 5) is 33.9. The molecule has 0 atom stereocenters. The zero-order valence-corrected chi connectivity index (χ0v) is 11.4. The largest absolute Gasteiger partial charge is 0.395 e. The molecular formula is C13H20N4O3. The minimum atomic E-state index is -0.0882. The molecule has 0 radical (unpaired) electrons. The topological polar surface area (TPSA) is 89.5 Å². The average molecular weight is 280 g/mol. The Morgan fingerprint density at radius 3 is 3.00 bits per heavy atom. The highest BCUT2D eigenvalue weighted by Gasteiger charge is 2.22. The number of aliphatic hydroxyl groups excluding tert-OH is 1. The van der Waals surface area contributed by atoms with Crippen LogP contribution in [0.1, 0.15) is 25.1 Å². The minimum absolute atomic E-state index is 0.0739. The van der Waals surface area contributed by atoms with Gasteiger partial charge in [-0.2, -0.15) is 0 Å². The molecule has 1 fully saturated rings. The number of aromatic amines is 1. The third-order valence-corrected chi connectivity index (χ3v) is 3.39. The number of carbonyl (C=O) groups is 2. The van der Waals surface area contributed by atoms with Crippen LogP contribution in [0.2, 0.25) is 0 Å². The van der Waals surface area contributed by atoms with Gasteiger partial charge in [0.15, 0.2) is 0 Å². The normalized spacial score (nSPS) is 14.8. The van der Waals surface area contributed by atoms with Crippen LogP contribution in [0.3, 0.4) is 0 Å². The molecular weight excluding hydrogens is 260 g/mol. The van der Waals surface area contributed by atoms with Crippen molar-refractivity contribution in [3.63, 3.8) is 0 Å². The lowest BCUT2D eigenvalue weighted by molar-refractivity contribution is -0.134. The van der Waals surface area contributed by atoms with Crippen molar-refractivity contribution in [1.82, 2.24) is 19.8 Å². The number of H-pyrrole nitrogens is 1. The second kappa shape index (κ2) is 7.04. The number of hydrogen-bond donors (Lipinski definition) is 2. The number of hydrogen-bond acceptors (Lipinski definition) is 4. The Kier molecular flexibility index (Phi) is 5.11. The van der Waals surface area contributed by atoms with E-state index in [0.717, 1.165) is 13.0 Å². The number of amides is 2. The van der Waals surface area contributed by atoms with E-state index in [1.165, 1.54) is 0 Å². The van der Waals surface area contributed by atoms with E-state index in [-0.39, 0.29) is 31.4 Å². The summed E-state index contributed by atoms with van der Waals surface area (Å²) in [5.41, 5.74) is 0. The van der Waals surface area contributed by atoms with Crippen molar-refractivity contribution in [3.8, 4) is 0 Å². The van der Waals surface area contributed by atoms with Crippen LogP contribution >= 0.6 is 0 Å². The van der Waals surface area contributed by atoms with Gasteiger partial charge in [-0.3, -0.25) is 9.59 Å². The monoisotopic (exact) mass is 280 g/mol. The number of aromatic nitrogens is 2. The second-order valence-corrected chi connectivity index (χ2v) is 4.81. The molecule has 7 heteroatoms. The van der Waals surface area contributed by atoms with E-state index in [1.54, 1.807) is 22.2 Å². The summed E-state index contributed by atoms with van der Waals surface area (Å²) in [5.74, 6) is 0.733. The number of carbonyl (C=O) groups excluding carboxylic acids is 2. The molecule has 0 bridgehead atoms. The summed E-state index contributed by atoms with van der Waals surface area (Å²) in [6.45, 7) is 1.73. The second-order valence-electron chi connectivity index (χ2n) is 4.81. The van der Waals surface area contributed by atoms with Gasteiger partial charge in [0, 0.05) is 44.9 Å². The van der Waals surface area contributed by atoms with Crippen LogP contribution in [0.5, 0.6) is 0 Å². The van der Waals surface area contributed by atoms with Crippen molar-refractivity contribution in [2.75, 3.05) is 26.2 Å². The maximum atomic E-state index is 12.2. The first kappa shape index (κ1) is 14.5. The van der Waals surface area contributed by atoms with Crippen molar-refractivity contribution in [1.29, 1.82) is 0 Å². The summed E-state index contributed by atoms with van der Waals surface area (Å²) in [6, 6.07) is 0. The summed E-state index contributed by atoms with van der Waals surface area (Å²) in [6.07, 6.45) is 5.06. The Morgan fingerprint density at radius 1 is 1.55 bits per heavy atom. The molecule has 0 saturated carbocycles. The number of aliphatic hydroxyl groups is 1. The van der Waals surface area contributed by atoms with Crippen molar-refractivity contribution < 1.29 is 14.7 Å². The molecule has 0 unspecified atom stereocenters. The Morgan fingerprint density at radius 2 is 2.40 bits per heavy atom. The quantitative estimate of drug-likeness (QED) is 0.720. The van der Waals surface area contributed by atoms with E-state index in [1.807, 2.05) is 0 Å². The lowest BCUT2D eigenvalue weighted by Crippen LogP contribution is -2.36. The van der Waals surface area contributed by atoms with Gasteiger partial charge in [0.25, 0.3) is 0 Å². The fourth-order valence-electron chi connectivity index (χ4n) is 2.31. The van der Waals surface area contributed by atoms with Gasteiger partial charge < -0.3 is 19.9 Å². The van der Waals surface area contributed by atoms with Gasteiger partial charge in [0.2, 0.25) is 11.8 Å². The summed E-state index contributed by atoms with van der Waals surface area (Å²) < 4.78 is 0. The molecule has 20 heavy (non-hydrogen) atoms. The van der Waals surface area contributed by atoms with Gasteiger partial charge in [-0.25, -0.2) is 4.98 Å². The van der Waals surface area contributed by atoms with Crippen LogP contribution in [-0.2, 0) is 16.1 Å². The van der Waals surface area contributed by atoms with Crippen LogP contribution in [0.15, 0.2) is 12.4 Å². The molecule has 0 aromatic carbocycles. The molecule has 0 spiro atoms. The van der Waals surface area contributed by atoms with Crippen LogP contribution in [-0.4, -0.2) is 62.9 Å². The van der Waals surface area contributed by atoms with Gasteiger partial charge in [-0.15, -0.1) is 0 Å². The van der Waals surface area contributed by atoms with Crippen molar-refractivity contribution in [2.24, 2.45) is 0 Å². The van der Waals surface area contributed by atoms with E-state index >= 15 is 0 Å². The summed E-state index contributed by atoms with van der Waals surface area (Å²) in [7, 11) is 0. The van der Waals surface area contributed by atoms with Gasteiger partial charge in [-0.05, 0) is 6.42 Å². The SMILES string of the molecule is O=C1CCCN1CCC(=O)N(CCO)Cc1ncc[nH]1. The average Bonchev–Trinajstić information content (AvgIpc) is 3.07. The molecule has 2 N–H and O–H groups in total. The van der Waals surface area contributed by atoms with E-state index in [0.29, 0.717) is 25.3 Å². The van der Waals surface area contributed by atoms with Gasteiger partial charge in [0.1, 0.15) is 5.82 Å². The number of imidazole rings is 1. The number of likely N-dealkylation sites (tertiary alicyclic amines) is 1. The fourth-order valence-corrected chi connectivity index (χ4v) is 2.31. The van der Waals surface area contributed by atoms with Gasteiger partial charge in [0.05, 0.1) is 13.2 Å². The molecule has 1 aromatic heterocycles. The molecule has 1 saturated heterocycles. The maximum Gasteiger partial charge on any atom is 0.224 e. The molecule has 1 aromatic rings. The van der Waals surface area contributed by atoms with Crippen LogP contribution in [0.25, 0.3) is 0 Å². The third kappa shape index (κ3) is 3.80. The lowest BCUT2D eigenvalue weighted by Gasteiger charge is -2.22. The van der Waals surface area contributed by atoms with Crippen molar-refractivity contribution in [2.45, 2.75) is 25.8 Å². The van der Waals surface area contributed by atoms with E-state index in [2.05, 4.69) is 9.97 Å². The molecule has 2 amide bonds. The van der Waals surface area contributed by atoms with Crippen LogP contribution in [0, 0.1) is 0 Å². The predicted octanol–water partition coefficient (Wildman–Crippen LogP) is -0.257. The number of rotatable bonds is 7. The standard InChI is InChI=1S/C13H20N4O3/c18-9-8-17(10-11-14-4-5-15-11)13(20)3-7-16-6-1-2-12(16)19/h4-5,18H,1-3,6-10H2,(H,14,15). The van der Waals surface area contributed by atoms with E-state index < -0.39 is 0 Å². The minimum Gasteiger partial charge on any atom is -0.395 e.